The van der Waals surface area contributed by atoms with E-state index in [2.05, 4.69) is 10.6 Å². The molecule has 7 heteroatoms. The highest BCUT2D eigenvalue weighted by molar-refractivity contribution is 7.91. The maximum Gasteiger partial charge on any atom is 0.312 e. The maximum absolute atomic E-state index is 11.2. The van der Waals surface area contributed by atoms with Gasteiger partial charge in [0.1, 0.15) is 0 Å². The quantitative estimate of drug-likeness (QED) is 0.475. The Morgan fingerprint density at radius 2 is 1.87 bits per heavy atom. The van der Waals surface area contributed by atoms with Gasteiger partial charge in [-0.05, 0) is 6.42 Å². The second kappa shape index (κ2) is 7.47. The van der Waals surface area contributed by atoms with Gasteiger partial charge in [-0.3, -0.25) is 0 Å². The summed E-state index contributed by atoms with van der Waals surface area (Å²) in [5.41, 5.74) is 4.84. The monoisotopic (exact) mass is 237 g/mol. The fourth-order valence-corrected chi connectivity index (χ4v) is 2.32. The summed E-state index contributed by atoms with van der Waals surface area (Å²) in [6, 6.07) is -0.574. The van der Waals surface area contributed by atoms with Crippen molar-refractivity contribution in [3.8, 4) is 0 Å². The van der Waals surface area contributed by atoms with Gasteiger partial charge in [-0.1, -0.05) is 6.92 Å². The second-order valence-corrected chi connectivity index (χ2v) is 5.50. The van der Waals surface area contributed by atoms with Gasteiger partial charge in [0.25, 0.3) is 0 Å². The van der Waals surface area contributed by atoms with Gasteiger partial charge in [0.15, 0.2) is 9.84 Å². The number of hydrogen-bond acceptors (Lipinski definition) is 4. The number of nitrogens with one attached hydrogen (secondary N) is 2. The first-order chi connectivity index (χ1) is 6.98. The highest BCUT2D eigenvalue weighted by Gasteiger charge is 2.07. The number of rotatable bonds is 8. The molecule has 0 rings (SSSR count). The number of nitrogens with two attached hydrogens (primary N) is 1. The Morgan fingerprint density at radius 1 is 1.20 bits per heavy atom. The molecule has 0 aromatic carbocycles. The van der Waals surface area contributed by atoms with Crippen LogP contribution < -0.4 is 16.4 Å². The van der Waals surface area contributed by atoms with Crippen LogP contribution >= 0.6 is 0 Å². The average molecular weight is 237 g/mol. The predicted octanol–water partition coefficient (Wildman–Crippen LogP) is -0.931. The zero-order valence-electron chi connectivity index (χ0n) is 8.95. The zero-order chi connectivity index (χ0) is 11.7. The van der Waals surface area contributed by atoms with Gasteiger partial charge >= 0.3 is 6.03 Å². The SMILES string of the molecule is CCCS(=O)(=O)CCNCCNC(N)=O. The normalized spacial score (nSPS) is 11.3. The molecule has 0 aliphatic carbocycles. The molecule has 0 saturated heterocycles. The summed E-state index contributed by atoms with van der Waals surface area (Å²) in [5, 5.41) is 5.30. The molecule has 0 bridgehead atoms. The lowest BCUT2D eigenvalue weighted by Crippen LogP contribution is -2.36. The van der Waals surface area contributed by atoms with Crippen LogP contribution in [0.5, 0.6) is 0 Å². The number of carbonyl (C=O) groups is 1. The fraction of sp³-hybridized carbons (Fsp3) is 0.875. The number of amides is 2. The first-order valence-electron chi connectivity index (χ1n) is 4.92. The number of hydrogen-bond donors (Lipinski definition) is 3. The zero-order valence-corrected chi connectivity index (χ0v) is 9.77. The maximum atomic E-state index is 11.2. The third-order valence-corrected chi connectivity index (χ3v) is 3.56. The van der Waals surface area contributed by atoms with Gasteiger partial charge in [-0.25, -0.2) is 13.2 Å². The Bertz CT molecular complexity index is 277. The minimum atomic E-state index is -2.91. The number of carbonyl (C=O) groups excluding carboxylic acids is 1. The molecule has 0 fully saturated rings. The van der Waals surface area contributed by atoms with Crippen molar-refractivity contribution in [2.75, 3.05) is 31.1 Å². The van der Waals surface area contributed by atoms with Crippen molar-refractivity contribution >= 4 is 15.9 Å². The standard InChI is InChI=1S/C8H19N3O3S/c1-2-6-15(13,14)7-5-10-3-4-11-8(9)12/h10H,2-7H2,1H3,(H3,9,11,12). The molecule has 0 aromatic heterocycles. The second-order valence-electron chi connectivity index (χ2n) is 3.19. The predicted molar refractivity (Wildman–Crippen MR) is 59.4 cm³/mol. The van der Waals surface area contributed by atoms with Crippen LogP contribution in [0.15, 0.2) is 0 Å². The van der Waals surface area contributed by atoms with Crippen molar-refractivity contribution in [1.29, 1.82) is 0 Å². The molecule has 0 spiro atoms. The lowest BCUT2D eigenvalue weighted by atomic mass is 10.6. The van der Waals surface area contributed by atoms with E-state index in [4.69, 9.17) is 5.73 Å². The molecule has 4 N–H and O–H groups in total. The summed E-state index contributed by atoms with van der Waals surface area (Å²) in [7, 11) is -2.91. The summed E-state index contributed by atoms with van der Waals surface area (Å²) in [6.07, 6.45) is 0.644. The smallest absolute Gasteiger partial charge is 0.312 e. The molecule has 0 unspecified atom stereocenters. The van der Waals surface area contributed by atoms with E-state index in [0.29, 0.717) is 26.1 Å². The van der Waals surface area contributed by atoms with Crippen molar-refractivity contribution < 1.29 is 13.2 Å². The van der Waals surface area contributed by atoms with Crippen LogP contribution in [0.25, 0.3) is 0 Å². The molecular formula is C8H19N3O3S. The van der Waals surface area contributed by atoms with E-state index in [0.717, 1.165) is 0 Å². The number of sulfone groups is 1. The molecule has 15 heavy (non-hydrogen) atoms. The van der Waals surface area contributed by atoms with Crippen molar-refractivity contribution in [2.24, 2.45) is 5.73 Å². The van der Waals surface area contributed by atoms with Gasteiger partial charge in [-0.2, -0.15) is 0 Å². The molecule has 90 valence electrons. The van der Waals surface area contributed by atoms with E-state index in [-0.39, 0.29) is 11.5 Å². The first kappa shape index (κ1) is 14.2. The minimum absolute atomic E-state index is 0.136. The van der Waals surface area contributed by atoms with Crippen molar-refractivity contribution in [3.05, 3.63) is 0 Å². The number of primary amides is 1. The Labute approximate surface area is 90.5 Å². The van der Waals surface area contributed by atoms with Gasteiger partial charge in [0.05, 0.1) is 5.75 Å². The van der Waals surface area contributed by atoms with Gasteiger partial charge in [0, 0.05) is 25.4 Å². The Kier molecular flexibility index (Phi) is 7.06. The third kappa shape index (κ3) is 9.48. The molecule has 0 aromatic rings. The molecule has 0 atom stereocenters. The van der Waals surface area contributed by atoms with E-state index >= 15 is 0 Å². The largest absolute Gasteiger partial charge is 0.352 e. The van der Waals surface area contributed by atoms with Crippen molar-refractivity contribution in [1.82, 2.24) is 10.6 Å². The third-order valence-electron chi connectivity index (χ3n) is 1.71. The van der Waals surface area contributed by atoms with Crippen LogP contribution in [-0.2, 0) is 9.84 Å². The topological polar surface area (TPSA) is 101 Å². The van der Waals surface area contributed by atoms with Crippen LogP contribution in [0.3, 0.4) is 0 Å². The van der Waals surface area contributed by atoms with Crippen LogP contribution in [0.1, 0.15) is 13.3 Å². The van der Waals surface area contributed by atoms with E-state index in [1.54, 1.807) is 0 Å². The molecular weight excluding hydrogens is 218 g/mol. The Hall–Kier alpha value is -0.820. The number of urea groups is 1. The molecule has 2 amide bonds. The minimum Gasteiger partial charge on any atom is -0.352 e. The van der Waals surface area contributed by atoms with Gasteiger partial charge in [-0.15, -0.1) is 0 Å². The Balaban J connectivity index is 3.42. The average Bonchev–Trinajstić information content (AvgIpc) is 2.10. The van der Waals surface area contributed by atoms with Crippen LogP contribution in [0.2, 0.25) is 0 Å². The summed E-state index contributed by atoms with van der Waals surface area (Å²) < 4.78 is 22.5. The van der Waals surface area contributed by atoms with Crippen LogP contribution in [0.4, 0.5) is 4.79 Å². The molecule has 0 radical (unpaired) electrons. The molecule has 0 heterocycles. The highest BCUT2D eigenvalue weighted by atomic mass is 32.2. The summed E-state index contributed by atoms with van der Waals surface area (Å²) >= 11 is 0. The lowest BCUT2D eigenvalue weighted by Gasteiger charge is -2.05. The van der Waals surface area contributed by atoms with Gasteiger partial charge in [0.2, 0.25) is 0 Å². The highest BCUT2D eigenvalue weighted by Crippen LogP contribution is 1.91. The molecule has 6 nitrogen and oxygen atoms in total. The molecule has 0 aliphatic heterocycles. The van der Waals surface area contributed by atoms with E-state index in [1.807, 2.05) is 6.92 Å². The Morgan fingerprint density at radius 3 is 2.40 bits per heavy atom. The summed E-state index contributed by atoms with van der Waals surface area (Å²) in [4.78, 5) is 10.3. The molecule has 0 saturated carbocycles. The summed E-state index contributed by atoms with van der Waals surface area (Å²) in [6.45, 7) is 3.16. The molecule has 0 aliphatic rings. The van der Waals surface area contributed by atoms with Crippen LogP contribution in [-0.4, -0.2) is 45.6 Å². The van der Waals surface area contributed by atoms with E-state index in [9.17, 15) is 13.2 Å². The fourth-order valence-electron chi connectivity index (χ4n) is 1.04. The van der Waals surface area contributed by atoms with E-state index < -0.39 is 15.9 Å². The van der Waals surface area contributed by atoms with Crippen molar-refractivity contribution in [2.45, 2.75) is 13.3 Å². The summed E-state index contributed by atoms with van der Waals surface area (Å²) in [5.74, 6) is 0.367. The van der Waals surface area contributed by atoms with Crippen LogP contribution in [0, 0.1) is 0 Å². The van der Waals surface area contributed by atoms with Gasteiger partial charge < -0.3 is 16.4 Å². The first-order valence-corrected chi connectivity index (χ1v) is 6.74. The van der Waals surface area contributed by atoms with E-state index in [1.165, 1.54) is 0 Å². The lowest BCUT2D eigenvalue weighted by molar-refractivity contribution is 0.249. The van der Waals surface area contributed by atoms with Crippen molar-refractivity contribution in [3.63, 3.8) is 0 Å².